The van der Waals surface area contributed by atoms with Crippen molar-refractivity contribution in [3.63, 3.8) is 0 Å². The van der Waals surface area contributed by atoms with Crippen LogP contribution in [0.4, 0.5) is 0 Å². The lowest BCUT2D eigenvalue weighted by molar-refractivity contribution is -0.915. The molecule has 2 N–H and O–H groups in total. The van der Waals surface area contributed by atoms with Crippen molar-refractivity contribution in [1.29, 1.82) is 0 Å². The minimum atomic E-state index is -0.323. The van der Waals surface area contributed by atoms with Crippen LogP contribution < -0.4 is 14.4 Å². The molecule has 0 saturated heterocycles. The molecule has 0 fully saturated rings. The molecule has 1 unspecified atom stereocenters. The smallest absolute Gasteiger partial charge is 0.231 e. The van der Waals surface area contributed by atoms with E-state index in [-0.39, 0.29) is 18.6 Å². The molecular formula is C25H23N2O3+. The van der Waals surface area contributed by atoms with Gasteiger partial charge in [-0.3, -0.25) is 4.79 Å². The topological polar surface area (TPSA) is 55.8 Å². The number of nitrogens with one attached hydrogen (secondary N) is 2. The molecule has 30 heavy (non-hydrogen) atoms. The predicted octanol–water partition coefficient (Wildman–Crippen LogP) is 3.54. The van der Waals surface area contributed by atoms with Gasteiger partial charge in [0.2, 0.25) is 12.6 Å². The number of hydrogen-bond donors (Lipinski definition) is 2. The first-order chi connectivity index (χ1) is 14.7. The number of likely N-dealkylation sites (N-methyl/N-ethyl adjacent to an activating group) is 1. The van der Waals surface area contributed by atoms with Gasteiger partial charge in [-0.05, 0) is 24.3 Å². The Bertz CT molecular complexity index is 1200. The summed E-state index contributed by atoms with van der Waals surface area (Å²) in [7, 11) is 2.06. The van der Waals surface area contributed by atoms with E-state index in [4.69, 9.17) is 9.47 Å². The first-order valence-corrected chi connectivity index (χ1v) is 10.1. The monoisotopic (exact) mass is 399 g/mol. The fourth-order valence-corrected chi connectivity index (χ4v) is 4.21. The summed E-state index contributed by atoms with van der Waals surface area (Å²) in [5, 5.41) is 0.958. The van der Waals surface area contributed by atoms with Crippen LogP contribution in [0.2, 0.25) is 0 Å². The van der Waals surface area contributed by atoms with Crippen molar-refractivity contribution in [1.82, 2.24) is 4.98 Å². The number of para-hydroxylation sites is 1. The Morgan fingerprint density at radius 3 is 2.63 bits per heavy atom. The fraction of sp³-hybridized carbons (Fsp3) is 0.160. The van der Waals surface area contributed by atoms with Crippen molar-refractivity contribution in [3.8, 4) is 11.5 Å². The minimum Gasteiger partial charge on any atom is -0.454 e. The van der Waals surface area contributed by atoms with Crippen LogP contribution in [-0.4, -0.2) is 24.6 Å². The zero-order chi connectivity index (χ0) is 20.5. The normalized spacial score (nSPS) is 14.6. The van der Waals surface area contributed by atoms with Crippen molar-refractivity contribution >= 4 is 16.7 Å². The van der Waals surface area contributed by atoms with Gasteiger partial charge in [0.25, 0.3) is 0 Å². The second-order valence-electron chi connectivity index (χ2n) is 7.67. The van der Waals surface area contributed by atoms with Crippen molar-refractivity contribution in [2.75, 3.05) is 13.8 Å². The summed E-state index contributed by atoms with van der Waals surface area (Å²) in [6, 6.07) is 23.6. The maximum Gasteiger partial charge on any atom is 0.231 e. The Morgan fingerprint density at radius 2 is 1.77 bits per heavy atom. The molecule has 0 radical (unpaired) electrons. The lowest BCUT2D eigenvalue weighted by Gasteiger charge is -2.24. The lowest BCUT2D eigenvalue weighted by atomic mass is 9.95. The number of H-pyrrole nitrogens is 1. The molecule has 2 heterocycles. The molecule has 5 heteroatoms. The third-order valence-electron chi connectivity index (χ3n) is 5.66. The molecule has 150 valence electrons. The van der Waals surface area contributed by atoms with Crippen LogP contribution in [0.25, 0.3) is 10.9 Å². The van der Waals surface area contributed by atoms with Crippen molar-refractivity contribution < 1.29 is 19.2 Å². The van der Waals surface area contributed by atoms with E-state index >= 15 is 0 Å². The van der Waals surface area contributed by atoms with E-state index in [0.29, 0.717) is 6.54 Å². The number of aromatic amines is 1. The van der Waals surface area contributed by atoms with Gasteiger partial charge in [-0.1, -0.05) is 48.5 Å². The fourth-order valence-electron chi connectivity index (χ4n) is 4.21. The van der Waals surface area contributed by atoms with Crippen LogP contribution >= 0.6 is 0 Å². The highest BCUT2D eigenvalue weighted by Gasteiger charge is 2.31. The number of benzene rings is 3. The van der Waals surface area contributed by atoms with Gasteiger partial charge in [0.15, 0.2) is 17.5 Å². The summed E-state index contributed by atoms with van der Waals surface area (Å²) in [5.41, 5.74) is 3.81. The van der Waals surface area contributed by atoms with Gasteiger partial charge in [-0.2, -0.15) is 0 Å². The summed E-state index contributed by atoms with van der Waals surface area (Å²) >= 11 is 0. The molecule has 0 amide bonds. The maximum absolute atomic E-state index is 13.8. The number of quaternary nitrogens is 1. The average Bonchev–Trinajstić information content (AvgIpc) is 3.41. The average molecular weight is 399 g/mol. The van der Waals surface area contributed by atoms with Gasteiger partial charge < -0.3 is 19.4 Å². The van der Waals surface area contributed by atoms with Crippen molar-refractivity contribution in [3.05, 3.63) is 95.7 Å². The summed E-state index contributed by atoms with van der Waals surface area (Å²) in [5.74, 6) is 1.64. The molecule has 1 aromatic heterocycles. The summed E-state index contributed by atoms with van der Waals surface area (Å²) in [4.78, 5) is 18.1. The Balaban J connectivity index is 1.49. The minimum absolute atomic E-state index is 0.108. The van der Waals surface area contributed by atoms with Crippen LogP contribution in [0, 0.1) is 0 Å². The number of carbonyl (C=O) groups excluding carboxylic acids is 1. The molecule has 3 aromatic carbocycles. The van der Waals surface area contributed by atoms with E-state index < -0.39 is 0 Å². The molecule has 0 bridgehead atoms. The van der Waals surface area contributed by atoms with E-state index in [1.54, 1.807) is 0 Å². The first kappa shape index (κ1) is 18.5. The Labute approximate surface area is 174 Å². The molecule has 1 aliphatic heterocycles. The number of rotatable bonds is 6. The SMILES string of the molecule is C[NH+](Cc1ccc2c(c1)OCO2)[C@@H](C(=O)c1c[nH]c2ccccc12)c1ccccc1. The summed E-state index contributed by atoms with van der Waals surface area (Å²) in [6.45, 7) is 0.942. The van der Waals surface area contributed by atoms with E-state index in [9.17, 15) is 4.79 Å². The van der Waals surface area contributed by atoms with E-state index in [2.05, 4.69) is 12.0 Å². The van der Waals surface area contributed by atoms with Gasteiger partial charge >= 0.3 is 0 Å². The predicted molar refractivity (Wildman–Crippen MR) is 115 cm³/mol. The molecule has 0 aliphatic carbocycles. The quantitative estimate of drug-likeness (QED) is 0.488. The largest absolute Gasteiger partial charge is 0.454 e. The molecule has 0 saturated carbocycles. The Morgan fingerprint density at radius 1 is 1.00 bits per heavy atom. The number of Topliss-reactive ketones (excluding diaryl/α,β-unsaturated/α-hetero) is 1. The highest BCUT2D eigenvalue weighted by Crippen LogP contribution is 2.32. The number of ketones is 1. The summed E-state index contributed by atoms with van der Waals surface area (Å²) < 4.78 is 10.9. The summed E-state index contributed by atoms with van der Waals surface area (Å²) in [6.07, 6.45) is 1.83. The van der Waals surface area contributed by atoms with E-state index in [1.165, 1.54) is 0 Å². The molecule has 4 aromatic rings. The van der Waals surface area contributed by atoms with E-state index in [0.717, 1.165) is 44.0 Å². The molecule has 2 atom stereocenters. The van der Waals surface area contributed by atoms with Gasteiger partial charge in [0.05, 0.1) is 7.05 Å². The Hall–Kier alpha value is -3.57. The first-order valence-electron chi connectivity index (χ1n) is 10.1. The van der Waals surface area contributed by atoms with Crippen molar-refractivity contribution in [2.24, 2.45) is 0 Å². The van der Waals surface area contributed by atoms with E-state index in [1.807, 2.05) is 79.0 Å². The maximum atomic E-state index is 13.8. The van der Waals surface area contributed by atoms with Gasteiger partial charge in [0, 0.05) is 33.8 Å². The van der Waals surface area contributed by atoms with Gasteiger partial charge in [0.1, 0.15) is 6.54 Å². The molecule has 0 spiro atoms. The zero-order valence-electron chi connectivity index (χ0n) is 16.7. The van der Waals surface area contributed by atoms with Crippen molar-refractivity contribution in [2.45, 2.75) is 12.6 Å². The second-order valence-corrected chi connectivity index (χ2v) is 7.67. The molecule has 5 rings (SSSR count). The third kappa shape index (κ3) is 3.33. The number of carbonyl (C=O) groups is 1. The van der Waals surface area contributed by atoms with Gasteiger partial charge in [-0.25, -0.2) is 0 Å². The molecule has 5 nitrogen and oxygen atoms in total. The zero-order valence-corrected chi connectivity index (χ0v) is 16.7. The van der Waals surface area contributed by atoms with Crippen LogP contribution in [-0.2, 0) is 6.54 Å². The second kappa shape index (κ2) is 7.69. The molecular weight excluding hydrogens is 376 g/mol. The lowest BCUT2D eigenvalue weighted by Crippen LogP contribution is -3.09. The van der Waals surface area contributed by atoms with Crippen LogP contribution in [0.15, 0.2) is 79.0 Å². The highest BCUT2D eigenvalue weighted by molar-refractivity contribution is 6.10. The number of hydrogen-bond acceptors (Lipinski definition) is 3. The number of fused-ring (bicyclic) bond motifs is 2. The Kier molecular flexibility index (Phi) is 4.73. The van der Waals surface area contributed by atoms with Crippen LogP contribution in [0.3, 0.4) is 0 Å². The molecule has 1 aliphatic rings. The van der Waals surface area contributed by atoms with Crippen LogP contribution in [0.1, 0.15) is 27.5 Å². The van der Waals surface area contributed by atoms with Crippen LogP contribution in [0.5, 0.6) is 11.5 Å². The third-order valence-corrected chi connectivity index (χ3v) is 5.66. The standard InChI is InChI=1S/C25H22N2O3/c1-27(15-17-11-12-22-23(13-17)30-16-29-22)24(18-7-3-2-4-8-18)25(28)20-14-26-21-10-6-5-9-19(20)21/h2-14,24,26H,15-16H2,1H3/p+1/t24-/m1/s1. The van der Waals surface area contributed by atoms with Gasteiger partial charge in [-0.15, -0.1) is 0 Å². The number of ether oxygens (including phenoxy) is 2. The number of aromatic nitrogens is 1. The highest BCUT2D eigenvalue weighted by atomic mass is 16.7.